The van der Waals surface area contributed by atoms with Gasteiger partial charge in [0.25, 0.3) is 5.91 Å². The lowest BCUT2D eigenvalue weighted by molar-refractivity contribution is 0.0939. The van der Waals surface area contributed by atoms with Gasteiger partial charge in [0, 0.05) is 24.8 Å². The molecule has 1 N–H and O–H groups in total. The lowest BCUT2D eigenvalue weighted by Crippen LogP contribution is -2.30. The van der Waals surface area contributed by atoms with Crippen LogP contribution in [0.5, 0.6) is 0 Å². The number of rotatable bonds is 5. The number of anilines is 1. The maximum absolute atomic E-state index is 13.1. The van der Waals surface area contributed by atoms with Gasteiger partial charge in [-0.15, -0.1) is 0 Å². The summed E-state index contributed by atoms with van der Waals surface area (Å²) in [6.07, 6.45) is 3.90. The molecule has 2 aromatic carbocycles. The number of amides is 1. The zero-order valence-corrected chi connectivity index (χ0v) is 16.9. The fourth-order valence-electron chi connectivity index (χ4n) is 3.64. The van der Waals surface area contributed by atoms with E-state index in [2.05, 4.69) is 34.3 Å². The summed E-state index contributed by atoms with van der Waals surface area (Å²) in [5.74, 6) is 1.24. The number of carbonyl (C=O) groups excluding carboxylic acids is 1. The van der Waals surface area contributed by atoms with E-state index < -0.39 is 0 Å². The molecule has 5 nitrogen and oxygen atoms in total. The lowest BCUT2D eigenvalue weighted by Gasteiger charge is -2.21. The van der Waals surface area contributed by atoms with Crippen molar-refractivity contribution in [3.05, 3.63) is 77.5 Å². The molecule has 0 radical (unpaired) electrons. The minimum Gasteiger partial charge on any atom is -0.356 e. The predicted molar refractivity (Wildman–Crippen MR) is 116 cm³/mol. The van der Waals surface area contributed by atoms with E-state index in [1.807, 2.05) is 49.4 Å². The molecular formula is C24H26N4O. The van der Waals surface area contributed by atoms with Crippen molar-refractivity contribution >= 4 is 11.7 Å². The Morgan fingerprint density at radius 2 is 1.72 bits per heavy atom. The van der Waals surface area contributed by atoms with Crippen molar-refractivity contribution in [2.24, 2.45) is 0 Å². The summed E-state index contributed by atoms with van der Waals surface area (Å²) >= 11 is 0. The molecule has 1 aliphatic heterocycles. The number of nitrogens with one attached hydrogen (secondary N) is 1. The third kappa shape index (κ3) is 4.29. The summed E-state index contributed by atoms with van der Waals surface area (Å²) in [7, 11) is 0. The normalized spacial score (nSPS) is 14.6. The van der Waals surface area contributed by atoms with Gasteiger partial charge in [0.2, 0.25) is 0 Å². The van der Waals surface area contributed by atoms with E-state index in [0.717, 1.165) is 42.9 Å². The molecule has 1 aromatic heterocycles. The quantitative estimate of drug-likeness (QED) is 0.699. The minimum absolute atomic E-state index is 0.0908. The van der Waals surface area contributed by atoms with Gasteiger partial charge in [0.05, 0.1) is 6.04 Å². The Morgan fingerprint density at radius 3 is 2.41 bits per heavy atom. The van der Waals surface area contributed by atoms with E-state index in [4.69, 9.17) is 4.98 Å². The Hall–Kier alpha value is -3.21. The Bertz CT molecular complexity index is 980. The first-order valence-corrected chi connectivity index (χ1v) is 10.2. The number of hydrogen-bond donors (Lipinski definition) is 1. The van der Waals surface area contributed by atoms with Crippen molar-refractivity contribution in [2.45, 2.75) is 32.7 Å². The lowest BCUT2D eigenvalue weighted by atomic mass is 10.1. The van der Waals surface area contributed by atoms with Gasteiger partial charge in [-0.1, -0.05) is 60.2 Å². The monoisotopic (exact) mass is 386 g/mol. The molecule has 0 saturated carbocycles. The second-order valence-electron chi connectivity index (χ2n) is 7.60. The number of nitrogens with zero attached hydrogens (tertiary/aromatic N) is 3. The molecule has 3 aromatic rings. The molecule has 2 heterocycles. The molecule has 5 heteroatoms. The van der Waals surface area contributed by atoms with Gasteiger partial charge in [0.15, 0.2) is 5.82 Å². The summed E-state index contributed by atoms with van der Waals surface area (Å²) in [5.41, 5.74) is 3.76. The van der Waals surface area contributed by atoms with Crippen LogP contribution in [0.1, 0.15) is 47.3 Å². The predicted octanol–water partition coefficient (Wildman–Crippen LogP) is 4.54. The highest BCUT2D eigenvalue weighted by atomic mass is 16.1. The number of aromatic nitrogens is 2. The van der Waals surface area contributed by atoms with Crippen LogP contribution in [-0.4, -0.2) is 29.0 Å². The number of aryl methyl sites for hydroxylation is 1. The van der Waals surface area contributed by atoms with Gasteiger partial charge >= 0.3 is 0 Å². The van der Waals surface area contributed by atoms with Gasteiger partial charge in [-0.3, -0.25) is 4.79 Å². The summed E-state index contributed by atoms with van der Waals surface area (Å²) in [6.45, 7) is 5.88. The first-order chi connectivity index (χ1) is 14.1. The molecule has 0 bridgehead atoms. The molecule has 29 heavy (non-hydrogen) atoms. The molecule has 1 atom stereocenters. The van der Waals surface area contributed by atoms with Gasteiger partial charge in [0.1, 0.15) is 11.4 Å². The maximum atomic E-state index is 13.1. The number of carbonyl (C=O) groups is 1. The second kappa shape index (κ2) is 8.43. The fourth-order valence-corrected chi connectivity index (χ4v) is 3.64. The van der Waals surface area contributed by atoms with Crippen molar-refractivity contribution in [3.8, 4) is 11.4 Å². The SMILES string of the molecule is Cc1ccc(-c2ncc(C(=O)N[C@@H](C)c3ccccc3)c(N3CCCC3)n2)cc1. The first kappa shape index (κ1) is 19.1. The van der Waals surface area contributed by atoms with Gasteiger partial charge in [-0.2, -0.15) is 0 Å². The van der Waals surface area contributed by atoms with Crippen molar-refractivity contribution in [1.29, 1.82) is 0 Å². The van der Waals surface area contributed by atoms with Crippen molar-refractivity contribution in [2.75, 3.05) is 18.0 Å². The van der Waals surface area contributed by atoms with E-state index in [1.165, 1.54) is 5.56 Å². The molecule has 148 valence electrons. The molecule has 1 amide bonds. The van der Waals surface area contributed by atoms with Crippen LogP contribution in [0, 0.1) is 6.92 Å². The first-order valence-electron chi connectivity index (χ1n) is 10.2. The Morgan fingerprint density at radius 1 is 1.03 bits per heavy atom. The number of hydrogen-bond acceptors (Lipinski definition) is 4. The fraction of sp³-hybridized carbons (Fsp3) is 0.292. The summed E-state index contributed by atoms with van der Waals surface area (Å²) in [6, 6.07) is 18.0. The van der Waals surface area contributed by atoms with Gasteiger partial charge in [-0.25, -0.2) is 9.97 Å². The molecule has 1 aliphatic rings. The van der Waals surface area contributed by atoms with Crippen LogP contribution in [0.3, 0.4) is 0 Å². The standard InChI is InChI=1S/C24H26N4O/c1-17-10-12-20(13-11-17)22-25-16-21(23(27-22)28-14-6-7-15-28)24(29)26-18(2)19-8-4-3-5-9-19/h3-5,8-13,16,18H,6-7,14-15H2,1-2H3,(H,26,29)/t18-/m0/s1. The van der Waals surface area contributed by atoms with E-state index in [0.29, 0.717) is 11.4 Å². The van der Waals surface area contributed by atoms with Gasteiger partial charge < -0.3 is 10.2 Å². The van der Waals surface area contributed by atoms with E-state index >= 15 is 0 Å². The maximum Gasteiger partial charge on any atom is 0.257 e. The Kier molecular flexibility index (Phi) is 5.56. The van der Waals surface area contributed by atoms with E-state index in [-0.39, 0.29) is 11.9 Å². The smallest absolute Gasteiger partial charge is 0.257 e. The van der Waals surface area contributed by atoms with Crippen molar-refractivity contribution in [3.63, 3.8) is 0 Å². The molecule has 1 saturated heterocycles. The van der Waals surface area contributed by atoms with E-state index in [9.17, 15) is 4.79 Å². The average Bonchev–Trinajstić information content (AvgIpc) is 3.29. The summed E-state index contributed by atoms with van der Waals surface area (Å²) in [5, 5.41) is 3.10. The van der Waals surface area contributed by atoms with Crippen molar-refractivity contribution in [1.82, 2.24) is 15.3 Å². The summed E-state index contributed by atoms with van der Waals surface area (Å²) in [4.78, 5) is 24.6. The summed E-state index contributed by atoms with van der Waals surface area (Å²) < 4.78 is 0. The molecule has 1 fully saturated rings. The van der Waals surface area contributed by atoms with Crippen LogP contribution in [0.2, 0.25) is 0 Å². The average molecular weight is 386 g/mol. The Balaban J connectivity index is 1.64. The van der Waals surface area contributed by atoms with Crippen LogP contribution in [0.25, 0.3) is 11.4 Å². The third-order valence-electron chi connectivity index (χ3n) is 5.38. The topological polar surface area (TPSA) is 58.1 Å². The van der Waals surface area contributed by atoms with Crippen LogP contribution >= 0.6 is 0 Å². The molecule has 4 rings (SSSR count). The van der Waals surface area contributed by atoms with Crippen LogP contribution in [0.4, 0.5) is 5.82 Å². The minimum atomic E-state index is -0.140. The zero-order valence-electron chi connectivity index (χ0n) is 16.9. The van der Waals surface area contributed by atoms with Crippen LogP contribution < -0.4 is 10.2 Å². The largest absolute Gasteiger partial charge is 0.356 e. The number of benzene rings is 2. The molecule has 0 aliphatic carbocycles. The highest BCUT2D eigenvalue weighted by molar-refractivity contribution is 5.99. The highest BCUT2D eigenvalue weighted by Crippen LogP contribution is 2.26. The molecular weight excluding hydrogens is 360 g/mol. The Labute approximate surface area is 171 Å². The highest BCUT2D eigenvalue weighted by Gasteiger charge is 2.23. The third-order valence-corrected chi connectivity index (χ3v) is 5.38. The molecule has 0 unspecified atom stereocenters. The van der Waals surface area contributed by atoms with Gasteiger partial charge in [-0.05, 0) is 32.3 Å². The van der Waals surface area contributed by atoms with Crippen LogP contribution in [-0.2, 0) is 0 Å². The van der Waals surface area contributed by atoms with Crippen molar-refractivity contribution < 1.29 is 4.79 Å². The molecule has 0 spiro atoms. The second-order valence-corrected chi connectivity index (χ2v) is 7.60. The van der Waals surface area contributed by atoms with E-state index in [1.54, 1.807) is 6.20 Å². The van der Waals surface area contributed by atoms with Crippen LogP contribution in [0.15, 0.2) is 60.8 Å². The zero-order chi connectivity index (χ0) is 20.2.